The molecule has 0 atom stereocenters. The number of ether oxygens (including phenoxy) is 3. The lowest BCUT2D eigenvalue weighted by molar-refractivity contribution is 0.302. The van der Waals surface area contributed by atoms with Crippen molar-refractivity contribution < 1.29 is 14.2 Å². The van der Waals surface area contributed by atoms with Gasteiger partial charge in [-0.25, -0.2) is 0 Å². The Balaban J connectivity index is 2.07. The number of benzene rings is 1. The maximum Gasteiger partial charge on any atom is 0.329 e. The smallest absolute Gasteiger partial charge is 0.329 e. The lowest BCUT2D eigenvalue weighted by atomic mass is 10.3. The van der Waals surface area contributed by atoms with Crippen molar-refractivity contribution in [2.24, 2.45) is 0 Å². The first kappa shape index (κ1) is 15.3. The van der Waals surface area contributed by atoms with Gasteiger partial charge >= 0.3 is 12.0 Å². The molecule has 6 nitrogen and oxygen atoms in total. The van der Waals surface area contributed by atoms with Crippen LogP contribution in [-0.4, -0.2) is 28.2 Å². The third kappa shape index (κ3) is 4.75. The van der Waals surface area contributed by atoms with Crippen LogP contribution in [0, 0.1) is 0 Å². The van der Waals surface area contributed by atoms with Crippen LogP contribution in [0.3, 0.4) is 0 Å². The maximum absolute atomic E-state index is 5.79. The molecule has 0 aliphatic rings. The first-order valence-corrected chi connectivity index (χ1v) is 7.04. The molecule has 0 radical (unpaired) electrons. The molecular weight excluding hydrogens is 294 g/mol. The summed E-state index contributed by atoms with van der Waals surface area (Å²) in [6.07, 6.45) is 0.960. The van der Waals surface area contributed by atoms with Crippen LogP contribution >= 0.6 is 11.6 Å². The van der Waals surface area contributed by atoms with Crippen molar-refractivity contribution in [2.45, 2.75) is 20.3 Å². The summed E-state index contributed by atoms with van der Waals surface area (Å²) in [5, 5.41) is 0.0198. The van der Waals surface area contributed by atoms with Gasteiger partial charge in [-0.1, -0.05) is 6.92 Å². The number of hydrogen-bond acceptors (Lipinski definition) is 6. The monoisotopic (exact) mass is 309 g/mol. The van der Waals surface area contributed by atoms with E-state index in [9.17, 15) is 0 Å². The van der Waals surface area contributed by atoms with Crippen LogP contribution in [0.2, 0.25) is 5.28 Å². The second-order valence-electron chi connectivity index (χ2n) is 4.02. The van der Waals surface area contributed by atoms with Crippen LogP contribution in [-0.2, 0) is 0 Å². The van der Waals surface area contributed by atoms with Crippen molar-refractivity contribution in [2.75, 3.05) is 13.2 Å². The number of rotatable bonds is 7. The van der Waals surface area contributed by atoms with E-state index in [0.717, 1.165) is 12.2 Å². The number of nitrogens with zero attached hydrogens (tertiary/aromatic N) is 3. The molecule has 0 fully saturated rings. The second kappa shape index (κ2) is 7.64. The first-order chi connectivity index (χ1) is 10.2. The topological polar surface area (TPSA) is 66.4 Å². The van der Waals surface area contributed by atoms with Crippen molar-refractivity contribution in [1.82, 2.24) is 15.0 Å². The molecule has 0 N–H and O–H groups in total. The van der Waals surface area contributed by atoms with Gasteiger partial charge in [0.25, 0.3) is 0 Å². The summed E-state index contributed by atoms with van der Waals surface area (Å²) in [5.74, 6) is 1.36. The molecule has 1 heterocycles. The first-order valence-electron chi connectivity index (χ1n) is 6.66. The molecule has 1 aromatic carbocycles. The van der Waals surface area contributed by atoms with E-state index in [2.05, 4.69) is 21.9 Å². The Kier molecular flexibility index (Phi) is 5.57. The molecule has 7 heteroatoms. The number of halogens is 1. The average Bonchev–Trinajstić information content (AvgIpc) is 2.46. The molecule has 0 saturated carbocycles. The summed E-state index contributed by atoms with van der Waals surface area (Å²) in [6.45, 7) is 5.00. The van der Waals surface area contributed by atoms with Gasteiger partial charge in [0.15, 0.2) is 0 Å². The number of hydrogen-bond donors (Lipinski definition) is 0. The molecule has 1 aromatic heterocycles. The highest BCUT2D eigenvalue weighted by molar-refractivity contribution is 6.28. The van der Waals surface area contributed by atoms with Gasteiger partial charge in [-0.05, 0) is 49.2 Å². The summed E-state index contributed by atoms with van der Waals surface area (Å²) in [7, 11) is 0. The van der Waals surface area contributed by atoms with Crippen LogP contribution in [0.1, 0.15) is 20.3 Å². The molecular formula is C14H16ClN3O3. The summed E-state index contributed by atoms with van der Waals surface area (Å²) in [5.41, 5.74) is 0. The normalized spacial score (nSPS) is 10.2. The highest BCUT2D eigenvalue weighted by Crippen LogP contribution is 2.23. The lowest BCUT2D eigenvalue weighted by Gasteiger charge is -2.07. The van der Waals surface area contributed by atoms with Gasteiger partial charge in [-0.2, -0.15) is 9.97 Å². The quantitative estimate of drug-likeness (QED) is 0.779. The zero-order valence-corrected chi connectivity index (χ0v) is 12.6. The van der Waals surface area contributed by atoms with Crippen molar-refractivity contribution in [3.8, 4) is 23.5 Å². The van der Waals surface area contributed by atoms with Gasteiger partial charge in [0.2, 0.25) is 5.28 Å². The van der Waals surface area contributed by atoms with E-state index in [0.29, 0.717) is 19.0 Å². The van der Waals surface area contributed by atoms with E-state index in [1.54, 1.807) is 12.1 Å². The maximum atomic E-state index is 5.79. The lowest BCUT2D eigenvalue weighted by Crippen LogP contribution is -2.01. The van der Waals surface area contributed by atoms with Gasteiger partial charge in [-0.15, -0.1) is 4.98 Å². The average molecular weight is 310 g/mol. The minimum absolute atomic E-state index is 0.0198. The molecule has 0 unspecified atom stereocenters. The standard InChI is InChI=1S/C14H16ClN3O3/c1-3-9-20-10-5-7-11(8-6-10)21-14-17-12(15)16-13(18-14)19-4-2/h5-8H,3-4,9H2,1-2H3. The Morgan fingerprint density at radius 3 is 2.24 bits per heavy atom. The molecule has 0 saturated heterocycles. The van der Waals surface area contributed by atoms with E-state index in [4.69, 9.17) is 25.8 Å². The van der Waals surface area contributed by atoms with E-state index < -0.39 is 0 Å². The third-order valence-corrected chi connectivity index (χ3v) is 2.52. The minimum Gasteiger partial charge on any atom is -0.494 e. The highest BCUT2D eigenvalue weighted by atomic mass is 35.5. The fraction of sp³-hybridized carbons (Fsp3) is 0.357. The molecule has 0 aliphatic carbocycles. The van der Waals surface area contributed by atoms with E-state index in [1.807, 2.05) is 19.1 Å². The second-order valence-corrected chi connectivity index (χ2v) is 4.36. The fourth-order valence-corrected chi connectivity index (χ4v) is 1.63. The van der Waals surface area contributed by atoms with E-state index in [1.165, 1.54) is 0 Å². The predicted molar refractivity (Wildman–Crippen MR) is 78.3 cm³/mol. The minimum atomic E-state index is 0.0198. The Bertz CT molecular complexity index is 578. The largest absolute Gasteiger partial charge is 0.494 e. The summed E-state index contributed by atoms with van der Waals surface area (Å²) in [6, 6.07) is 7.39. The Hall–Kier alpha value is -2.08. The van der Waals surface area contributed by atoms with Gasteiger partial charge in [-0.3, -0.25) is 0 Å². The van der Waals surface area contributed by atoms with Crippen LogP contribution in [0.4, 0.5) is 0 Å². The van der Waals surface area contributed by atoms with Crippen LogP contribution < -0.4 is 14.2 Å². The molecule has 0 bridgehead atoms. The summed E-state index contributed by atoms with van der Waals surface area (Å²) in [4.78, 5) is 11.7. The Labute approximate surface area is 128 Å². The van der Waals surface area contributed by atoms with E-state index >= 15 is 0 Å². The van der Waals surface area contributed by atoms with Crippen LogP contribution in [0.5, 0.6) is 23.5 Å². The SMILES string of the molecule is CCCOc1ccc(Oc2nc(Cl)nc(OCC)n2)cc1. The summed E-state index contributed by atoms with van der Waals surface area (Å²) >= 11 is 5.79. The Morgan fingerprint density at radius 2 is 1.57 bits per heavy atom. The van der Waals surface area contributed by atoms with Gasteiger partial charge < -0.3 is 14.2 Å². The van der Waals surface area contributed by atoms with Crippen LogP contribution in [0.25, 0.3) is 0 Å². The third-order valence-electron chi connectivity index (χ3n) is 2.35. The van der Waals surface area contributed by atoms with E-state index in [-0.39, 0.29) is 17.3 Å². The van der Waals surface area contributed by atoms with Crippen LogP contribution in [0.15, 0.2) is 24.3 Å². The zero-order valence-electron chi connectivity index (χ0n) is 11.9. The fourth-order valence-electron chi connectivity index (χ4n) is 1.48. The summed E-state index contributed by atoms with van der Waals surface area (Å²) < 4.78 is 16.2. The Morgan fingerprint density at radius 1 is 0.905 bits per heavy atom. The molecule has 21 heavy (non-hydrogen) atoms. The van der Waals surface area contributed by atoms with Gasteiger partial charge in [0.1, 0.15) is 11.5 Å². The molecule has 2 rings (SSSR count). The zero-order chi connectivity index (χ0) is 15.1. The molecule has 2 aromatic rings. The van der Waals surface area contributed by atoms with Gasteiger partial charge in [0.05, 0.1) is 13.2 Å². The van der Waals surface area contributed by atoms with Crippen molar-refractivity contribution >= 4 is 11.6 Å². The van der Waals surface area contributed by atoms with Crippen molar-refractivity contribution in [3.05, 3.63) is 29.5 Å². The van der Waals surface area contributed by atoms with Crippen molar-refractivity contribution in [1.29, 1.82) is 0 Å². The van der Waals surface area contributed by atoms with Gasteiger partial charge in [0, 0.05) is 0 Å². The molecule has 0 spiro atoms. The molecule has 0 amide bonds. The molecule has 112 valence electrons. The highest BCUT2D eigenvalue weighted by Gasteiger charge is 2.08. The molecule has 0 aliphatic heterocycles. The predicted octanol–water partition coefficient (Wildman–Crippen LogP) is 3.50. The number of aromatic nitrogens is 3. The van der Waals surface area contributed by atoms with Crippen molar-refractivity contribution in [3.63, 3.8) is 0 Å².